The van der Waals surface area contributed by atoms with Crippen molar-refractivity contribution >= 4 is 11.8 Å². The monoisotopic (exact) mass is 356 g/mol. The molecule has 0 radical (unpaired) electrons. The van der Waals surface area contributed by atoms with Gasteiger partial charge in [0.15, 0.2) is 0 Å². The Hall–Kier alpha value is -2.71. The number of piperazine rings is 1. The van der Waals surface area contributed by atoms with Crippen molar-refractivity contribution in [3.8, 4) is 5.69 Å². The zero-order valence-electron chi connectivity index (χ0n) is 15.1. The van der Waals surface area contributed by atoms with E-state index in [4.69, 9.17) is 0 Å². The van der Waals surface area contributed by atoms with Crippen molar-refractivity contribution in [3.63, 3.8) is 0 Å². The molecule has 1 aromatic carbocycles. The third-order valence-electron chi connectivity index (χ3n) is 4.22. The number of hydrogen-bond donors (Lipinski definition) is 1. The van der Waals surface area contributed by atoms with E-state index in [0.717, 1.165) is 25.4 Å². The molecule has 1 N–H and O–H groups in total. The Labute approximate surface area is 152 Å². The van der Waals surface area contributed by atoms with Crippen LogP contribution in [0.2, 0.25) is 0 Å². The normalized spacial score (nSPS) is 15.3. The Morgan fingerprint density at radius 2 is 1.81 bits per heavy atom. The van der Waals surface area contributed by atoms with E-state index in [1.54, 1.807) is 17.2 Å². The van der Waals surface area contributed by atoms with Gasteiger partial charge in [-0.2, -0.15) is 4.98 Å². The maximum Gasteiger partial charge on any atom is 0.354 e. The molecular formula is C18H24N6O2. The molecule has 1 aliphatic rings. The van der Waals surface area contributed by atoms with Crippen LogP contribution in [-0.2, 0) is 0 Å². The minimum atomic E-state index is -0.426. The molecule has 0 unspecified atom stereocenters. The minimum absolute atomic E-state index is 0.223. The molecule has 1 aromatic heterocycles. The summed E-state index contributed by atoms with van der Waals surface area (Å²) in [5.74, 6) is 0.267. The van der Waals surface area contributed by atoms with Crippen LogP contribution >= 0.6 is 0 Å². The minimum Gasteiger partial charge on any atom is -0.322 e. The zero-order chi connectivity index (χ0) is 18.5. The second-order valence-electron chi connectivity index (χ2n) is 6.56. The van der Waals surface area contributed by atoms with Gasteiger partial charge in [-0.3, -0.25) is 19.7 Å². The molecular weight excluding hydrogens is 332 g/mol. The molecule has 8 heteroatoms. The largest absolute Gasteiger partial charge is 0.354 e. The summed E-state index contributed by atoms with van der Waals surface area (Å²) >= 11 is 0. The summed E-state index contributed by atoms with van der Waals surface area (Å²) in [5.41, 5.74) is 0.310. The van der Waals surface area contributed by atoms with Gasteiger partial charge in [0.25, 0.3) is 0 Å². The standard InChI is InChI=1S/C18H24N6O2/c1-21(2)14-22-10-12-23(13-11-22)17(25)19-16-8-9-24(18(26)20-16)15-6-4-3-5-7-15/h3-9H,10-14H2,1-2H3,(H,19,20,25,26). The highest BCUT2D eigenvalue weighted by Gasteiger charge is 2.21. The summed E-state index contributed by atoms with van der Waals surface area (Å²) in [4.78, 5) is 34.7. The molecule has 0 saturated carbocycles. The number of anilines is 1. The van der Waals surface area contributed by atoms with Crippen LogP contribution in [0.1, 0.15) is 0 Å². The Morgan fingerprint density at radius 1 is 1.12 bits per heavy atom. The van der Waals surface area contributed by atoms with Crippen LogP contribution < -0.4 is 11.0 Å². The third-order valence-corrected chi connectivity index (χ3v) is 4.22. The van der Waals surface area contributed by atoms with Gasteiger partial charge in [-0.1, -0.05) is 18.2 Å². The van der Waals surface area contributed by atoms with Gasteiger partial charge < -0.3 is 4.90 Å². The van der Waals surface area contributed by atoms with Gasteiger partial charge in [0.05, 0.1) is 12.4 Å². The molecule has 0 bridgehead atoms. The smallest absolute Gasteiger partial charge is 0.322 e. The SMILES string of the molecule is CN(C)CN1CCN(C(=O)Nc2ccn(-c3ccccc3)c(=O)n2)CC1. The van der Waals surface area contributed by atoms with Crippen molar-refractivity contribution < 1.29 is 4.79 Å². The summed E-state index contributed by atoms with van der Waals surface area (Å²) in [5, 5.41) is 2.72. The number of nitrogens with zero attached hydrogens (tertiary/aromatic N) is 5. The molecule has 2 aromatic rings. The molecule has 0 atom stereocenters. The quantitative estimate of drug-likeness (QED) is 0.881. The summed E-state index contributed by atoms with van der Waals surface area (Å²) < 4.78 is 1.44. The molecule has 2 heterocycles. The molecule has 1 aliphatic heterocycles. The number of nitrogens with one attached hydrogen (secondary N) is 1. The molecule has 1 saturated heterocycles. The first-order valence-corrected chi connectivity index (χ1v) is 8.61. The number of aromatic nitrogens is 2. The number of rotatable bonds is 4. The van der Waals surface area contributed by atoms with E-state index in [-0.39, 0.29) is 11.8 Å². The lowest BCUT2D eigenvalue weighted by atomic mass is 10.3. The van der Waals surface area contributed by atoms with Crippen molar-refractivity contribution in [3.05, 3.63) is 53.1 Å². The van der Waals surface area contributed by atoms with Gasteiger partial charge in [0.1, 0.15) is 5.82 Å². The molecule has 1 fully saturated rings. The average molecular weight is 356 g/mol. The van der Waals surface area contributed by atoms with Gasteiger partial charge in [-0.05, 0) is 32.3 Å². The van der Waals surface area contributed by atoms with Crippen LogP contribution in [0.15, 0.2) is 47.4 Å². The van der Waals surface area contributed by atoms with Crippen LogP contribution in [0, 0.1) is 0 Å². The first-order chi connectivity index (χ1) is 12.5. The van der Waals surface area contributed by atoms with Gasteiger partial charge in [0.2, 0.25) is 0 Å². The number of para-hydroxylation sites is 1. The summed E-state index contributed by atoms with van der Waals surface area (Å²) in [6.07, 6.45) is 1.62. The van der Waals surface area contributed by atoms with Crippen LogP contribution in [-0.4, -0.2) is 77.2 Å². The number of hydrogen-bond acceptors (Lipinski definition) is 5. The van der Waals surface area contributed by atoms with Gasteiger partial charge in [-0.15, -0.1) is 0 Å². The molecule has 26 heavy (non-hydrogen) atoms. The van der Waals surface area contributed by atoms with E-state index in [0.29, 0.717) is 13.1 Å². The van der Waals surface area contributed by atoms with Crippen molar-refractivity contribution in [2.24, 2.45) is 0 Å². The highest BCUT2D eigenvalue weighted by Crippen LogP contribution is 2.08. The summed E-state index contributed by atoms with van der Waals surface area (Å²) in [6.45, 7) is 3.85. The van der Waals surface area contributed by atoms with Crippen molar-refractivity contribution in [2.75, 3.05) is 52.3 Å². The molecule has 3 rings (SSSR count). The number of urea groups is 1. The van der Waals surface area contributed by atoms with E-state index < -0.39 is 5.69 Å². The maximum atomic E-state index is 12.4. The predicted octanol–water partition coefficient (Wildman–Crippen LogP) is 0.901. The van der Waals surface area contributed by atoms with Crippen molar-refractivity contribution in [2.45, 2.75) is 0 Å². The van der Waals surface area contributed by atoms with Crippen LogP contribution in [0.3, 0.4) is 0 Å². The molecule has 0 spiro atoms. The van der Waals surface area contributed by atoms with Crippen LogP contribution in [0.4, 0.5) is 10.6 Å². The Morgan fingerprint density at radius 3 is 2.42 bits per heavy atom. The Bertz CT molecular complexity index is 797. The van der Waals surface area contributed by atoms with Crippen molar-refractivity contribution in [1.29, 1.82) is 0 Å². The number of benzene rings is 1. The van der Waals surface area contributed by atoms with E-state index in [1.807, 2.05) is 44.4 Å². The topological polar surface area (TPSA) is 73.7 Å². The third kappa shape index (κ3) is 4.47. The lowest BCUT2D eigenvalue weighted by Crippen LogP contribution is -2.51. The second-order valence-corrected chi connectivity index (χ2v) is 6.56. The van der Waals surface area contributed by atoms with Gasteiger partial charge in [-0.25, -0.2) is 9.59 Å². The molecule has 138 valence electrons. The van der Waals surface area contributed by atoms with Crippen LogP contribution in [0.25, 0.3) is 5.69 Å². The fourth-order valence-electron chi connectivity index (χ4n) is 2.94. The highest BCUT2D eigenvalue weighted by atomic mass is 16.2. The second kappa shape index (κ2) is 8.11. The highest BCUT2D eigenvalue weighted by molar-refractivity contribution is 5.88. The number of carbonyl (C=O) groups excluding carboxylic acids is 1. The molecule has 2 amide bonds. The van der Waals surface area contributed by atoms with Crippen LogP contribution in [0.5, 0.6) is 0 Å². The zero-order valence-corrected chi connectivity index (χ0v) is 15.1. The number of carbonyl (C=O) groups is 1. The summed E-state index contributed by atoms with van der Waals surface area (Å²) in [7, 11) is 4.06. The van der Waals surface area contributed by atoms with E-state index in [2.05, 4.69) is 20.1 Å². The van der Waals surface area contributed by atoms with Crippen molar-refractivity contribution in [1.82, 2.24) is 24.3 Å². The van der Waals surface area contributed by atoms with E-state index >= 15 is 0 Å². The lowest BCUT2D eigenvalue weighted by molar-refractivity contribution is 0.109. The average Bonchev–Trinajstić information content (AvgIpc) is 2.62. The summed E-state index contributed by atoms with van der Waals surface area (Å²) in [6, 6.07) is 10.7. The molecule has 8 nitrogen and oxygen atoms in total. The Kier molecular flexibility index (Phi) is 5.65. The lowest BCUT2D eigenvalue weighted by Gasteiger charge is -2.35. The van der Waals surface area contributed by atoms with Gasteiger partial charge >= 0.3 is 11.7 Å². The van der Waals surface area contributed by atoms with Gasteiger partial charge in [0, 0.05) is 32.4 Å². The van der Waals surface area contributed by atoms with E-state index in [9.17, 15) is 9.59 Å². The molecule has 0 aliphatic carbocycles. The Balaban J connectivity index is 1.60. The predicted molar refractivity (Wildman–Crippen MR) is 101 cm³/mol. The fourth-order valence-corrected chi connectivity index (χ4v) is 2.94. The maximum absolute atomic E-state index is 12.4. The fraction of sp³-hybridized carbons (Fsp3) is 0.389. The first kappa shape index (κ1) is 18.1. The first-order valence-electron chi connectivity index (χ1n) is 8.61. The number of amides is 2. The van der Waals surface area contributed by atoms with E-state index in [1.165, 1.54) is 4.57 Å².